The predicted octanol–water partition coefficient (Wildman–Crippen LogP) is 2.66. The second-order valence-electron chi connectivity index (χ2n) is 4.18. The van der Waals surface area contributed by atoms with Crippen molar-refractivity contribution in [2.75, 3.05) is 0 Å². The summed E-state index contributed by atoms with van der Waals surface area (Å²) in [6.45, 7) is 2.12. The van der Waals surface area contributed by atoms with E-state index in [1.165, 1.54) is 12.3 Å². The van der Waals surface area contributed by atoms with Gasteiger partial charge in [0.25, 0.3) is 5.56 Å². The van der Waals surface area contributed by atoms with E-state index in [9.17, 15) is 9.90 Å². The Labute approximate surface area is 115 Å². The van der Waals surface area contributed by atoms with Crippen LogP contribution in [0.4, 0.5) is 0 Å². The first-order valence-corrected chi connectivity index (χ1v) is 6.11. The Balaban J connectivity index is 2.15. The van der Waals surface area contributed by atoms with Crippen molar-refractivity contribution in [3.05, 3.63) is 62.5 Å². The SMILES string of the molecule is Cc1cc(O)c(C=NCc2ccc(Cl)cc2)c(=O)[nH]1. The quantitative estimate of drug-likeness (QED) is 0.847. The number of nitrogens with one attached hydrogen (secondary N) is 1. The van der Waals surface area contributed by atoms with Gasteiger partial charge in [-0.3, -0.25) is 9.79 Å². The molecule has 0 fully saturated rings. The maximum Gasteiger partial charge on any atom is 0.260 e. The van der Waals surface area contributed by atoms with Crippen molar-refractivity contribution >= 4 is 17.8 Å². The van der Waals surface area contributed by atoms with Gasteiger partial charge in [0.2, 0.25) is 0 Å². The van der Waals surface area contributed by atoms with Crippen molar-refractivity contribution in [2.45, 2.75) is 13.5 Å². The van der Waals surface area contributed by atoms with Gasteiger partial charge < -0.3 is 10.1 Å². The van der Waals surface area contributed by atoms with Crippen LogP contribution in [0.15, 0.2) is 40.1 Å². The van der Waals surface area contributed by atoms with Crippen molar-refractivity contribution in [2.24, 2.45) is 4.99 Å². The molecule has 4 nitrogen and oxygen atoms in total. The van der Waals surface area contributed by atoms with Gasteiger partial charge in [0.1, 0.15) is 5.75 Å². The van der Waals surface area contributed by atoms with E-state index >= 15 is 0 Å². The minimum atomic E-state index is -0.350. The zero-order valence-corrected chi connectivity index (χ0v) is 11.1. The molecule has 19 heavy (non-hydrogen) atoms. The lowest BCUT2D eigenvalue weighted by Gasteiger charge is -2.00. The van der Waals surface area contributed by atoms with E-state index in [-0.39, 0.29) is 16.9 Å². The molecule has 1 heterocycles. The lowest BCUT2D eigenvalue weighted by Crippen LogP contribution is -2.13. The number of aliphatic imine (C=N–C) groups is 1. The van der Waals surface area contributed by atoms with Gasteiger partial charge >= 0.3 is 0 Å². The Bertz CT molecular complexity index is 660. The van der Waals surface area contributed by atoms with Crippen molar-refractivity contribution in [1.82, 2.24) is 4.98 Å². The molecule has 0 saturated carbocycles. The number of H-pyrrole nitrogens is 1. The van der Waals surface area contributed by atoms with Gasteiger partial charge in [-0.1, -0.05) is 23.7 Å². The molecule has 2 N–H and O–H groups in total. The third-order valence-electron chi connectivity index (χ3n) is 2.59. The van der Waals surface area contributed by atoms with E-state index in [2.05, 4.69) is 9.98 Å². The van der Waals surface area contributed by atoms with Gasteiger partial charge in [0, 0.05) is 16.9 Å². The summed E-state index contributed by atoms with van der Waals surface area (Å²) >= 11 is 5.78. The highest BCUT2D eigenvalue weighted by Crippen LogP contribution is 2.12. The number of rotatable bonds is 3. The maximum atomic E-state index is 11.6. The van der Waals surface area contributed by atoms with Crippen LogP contribution >= 0.6 is 11.6 Å². The Morgan fingerprint density at radius 3 is 2.68 bits per heavy atom. The van der Waals surface area contributed by atoms with E-state index in [1.54, 1.807) is 19.1 Å². The van der Waals surface area contributed by atoms with Crippen LogP contribution in [0, 0.1) is 6.92 Å². The van der Waals surface area contributed by atoms with Crippen molar-refractivity contribution in [3.63, 3.8) is 0 Å². The molecule has 0 radical (unpaired) electrons. The summed E-state index contributed by atoms with van der Waals surface area (Å²) < 4.78 is 0. The average molecular weight is 277 g/mol. The zero-order valence-electron chi connectivity index (χ0n) is 10.4. The van der Waals surface area contributed by atoms with Crippen LogP contribution in [0.5, 0.6) is 5.75 Å². The highest BCUT2D eigenvalue weighted by atomic mass is 35.5. The monoisotopic (exact) mass is 276 g/mol. The van der Waals surface area contributed by atoms with E-state index in [0.29, 0.717) is 17.3 Å². The molecule has 0 spiro atoms. The first-order valence-electron chi connectivity index (χ1n) is 5.73. The summed E-state index contributed by atoms with van der Waals surface area (Å²) in [5.74, 6) is -0.0684. The number of hydrogen-bond donors (Lipinski definition) is 2. The summed E-state index contributed by atoms with van der Waals surface area (Å²) in [6, 6.07) is 8.77. The van der Waals surface area contributed by atoms with Crippen LogP contribution < -0.4 is 5.56 Å². The molecule has 0 aliphatic carbocycles. The number of aromatic hydroxyl groups is 1. The molecule has 0 aliphatic heterocycles. The first-order chi connectivity index (χ1) is 9.06. The molecule has 0 bridgehead atoms. The Hall–Kier alpha value is -2.07. The number of aryl methyl sites for hydroxylation is 1. The minimum absolute atomic E-state index is 0.0684. The zero-order chi connectivity index (χ0) is 13.8. The number of aromatic amines is 1. The molecule has 0 atom stereocenters. The molecule has 0 unspecified atom stereocenters. The fourth-order valence-corrected chi connectivity index (χ4v) is 1.76. The van der Waals surface area contributed by atoms with Crippen LogP contribution in [0.3, 0.4) is 0 Å². The van der Waals surface area contributed by atoms with Gasteiger partial charge in [-0.25, -0.2) is 0 Å². The topological polar surface area (TPSA) is 65.5 Å². The second-order valence-corrected chi connectivity index (χ2v) is 4.61. The van der Waals surface area contributed by atoms with Crippen molar-refractivity contribution in [1.29, 1.82) is 0 Å². The van der Waals surface area contributed by atoms with Crippen LogP contribution in [0.2, 0.25) is 5.02 Å². The van der Waals surface area contributed by atoms with Crippen molar-refractivity contribution < 1.29 is 5.11 Å². The van der Waals surface area contributed by atoms with Crippen LogP contribution in [0.1, 0.15) is 16.8 Å². The van der Waals surface area contributed by atoms with E-state index in [1.807, 2.05) is 12.1 Å². The molecule has 2 rings (SSSR count). The molecule has 0 aliphatic rings. The molecule has 5 heteroatoms. The van der Waals surface area contributed by atoms with Gasteiger partial charge in [-0.2, -0.15) is 0 Å². The number of benzene rings is 1. The molecule has 1 aromatic carbocycles. The third kappa shape index (κ3) is 3.45. The van der Waals surface area contributed by atoms with Gasteiger partial charge in [0.15, 0.2) is 0 Å². The maximum absolute atomic E-state index is 11.6. The normalized spacial score (nSPS) is 11.1. The molecule has 0 amide bonds. The Morgan fingerprint density at radius 1 is 1.37 bits per heavy atom. The fraction of sp³-hybridized carbons (Fsp3) is 0.143. The summed E-state index contributed by atoms with van der Waals surface area (Å²) in [4.78, 5) is 18.4. The highest BCUT2D eigenvalue weighted by molar-refractivity contribution is 6.30. The van der Waals surface area contributed by atoms with E-state index in [0.717, 1.165) is 5.56 Å². The van der Waals surface area contributed by atoms with Crippen LogP contribution in [-0.2, 0) is 6.54 Å². The smallest absolute Gasteiger partial charge is 0.260 e. The lowest BCUT2D eigenvalue weighted by atomic mass is 10.2. The minimum Gasteiger partial charge on any atom is -0.507 e. The largest absolute Gasteiger partial charge is 0.507 e. The standard InChI is InChI=1S/C14H13ClN2O2/c1-9-6-13(18)12(14(19)17-9)8-16-7-10-2-4-11(15)5-3-10/h2-6,8H,7H2,1H3,(H2,17,18,19). The Morgan fingerprint density at radius 2 is 2.05 bits per heavy atom. The average Bonchev–Trinajstić information content (AvgIpc) is 2.34. The van der Waals surface area contributed by atoms with Crippen LogP contribution in [0.25, 0.3) is 0 Å². The molecule has 2 aromatic rings. The summed E-state index contributed by atoms with van der Waals surface area (Å²) in [5.41, 5.74) is 1.40. The highest BCUT2D eigenvalue weighted by Gasteiger charge is 2.04. The fourth-order valence-electron chi connectivity index (χ4n) is 1.64. The molecular weight excluding hydrogens is 264 g/mol. The Kier molecular flexibility index (Phi) is 4.02. The van der Waals surface area contributed by atoms with Gasteiger partial charge in [-0.05, 0) is 30.7 Å². The number of hydrogen-bond acceptors (Lipinski definition) is 3. The van der Waals surface area contributed by atoms with E-state index < -0.39 is 0 Å². The van der Waals surface area contributed by atoms with E-state index in [4.69, 9.17) is 11.6 Å². The first kappa shape index (κ1) is 13.4. The number of pyridine rings is 1. The lowest BCUT2D eigenvalue weighted by molar-refractivity contribution is 0.472. The molecule has 1 aromatic heterocycles. The third-order valence-corrected chi connectivity index (χ3v) is 2.84. The summed E-state index contributed by atoms with van der Waals surface area (Å²) in [5, 5.41) is 10.3. The van der Waals surface area contributed by atoms with Crippen LogP contribution in [-0.4, -0.2) is 16.3 Å². The van der Waals surface area contributed by atoms with Gasteiger partial charge in [-0.15, -0.1) is 0 Å². The predicted molar refractivity (Wildman–Crippen MR) is 76.2 cm³/mol. The molecule has 0 saturated heterocycles. The summed E-state index contributed by atoms with van der Waals surface area (Å²) in [6.07, 6.45) is 1.38. The number of halogens is 1. The second kappa shape index (κ2) is 5.71. The van der Waals surface area contributed by atoms with Crippen molar-refractivity contribution in [3.8, 4) is 5.75 Å². The molecule has 98 valence electrons. The molecular formula is C14H13ClN2O2. The van der Waals surface area contributed by atoms with Gasteiger partial charge in [0.05, 0.1) is 12.1 Å². The number of aromatic nitrogens is 1. The summed E-state index contributed by atoms with van der Waals surface area (Å²) in [7, 11) is 0. The number of nitrogens with zero attached hydrogens (tertiary/aromatic N) is 1.